The zero-order valence-corrected chi connectivity index (χ0v) is 8.40. The van der Waals surface area contributed by atoms with Crippen molar-refractivity contribution in [3.63, 3.8) is 0 Å². The monoisotopic (exact) mass is 201 g/mol. The second kappa shape index (κ2) is 4.04. The minimum absolute atomic E-state index is 0.0450. The number of aryl methyl sites for hydroxylation is 1. The van der Waals surface area contributed by atoms with E-state index < -0.39 is 0 Å². The van der Waals surface area contributed by atoms with Gasteiger partial charge in [-0.3, -0.25) is 9.89 Å². The maximum atomic E-state index is 11.6. The molecule has 4 heteroatoms. The predicted molar refractivity (Wildman–Crippen MR) is 55.6 cm³/mol. The van der Waals surface area contributed by atoms with Gasteiger partial charge in [-0.2, -0.15) is 5.10 Å². The Balaban J connectivity index is 2.09. The van der Waals surface area contributed by atoms with Gasteiger partial charge in [-0.15, -0.1) is 0 Å². The van der Waals surface area contributed by atoms with E-state index >= 15 is 0 Å². The highest BCUT2D eigenvalue weighted by Gasteiger charge is 2.09. The molecule has 1 aromatic heterocycles. The maximum Gasteiger partial charge on any atom is 0.203 e. The molecule has 0 saturated heterocycles. The zero-order chi connectivity index (χ0) is 10.7. The molecule has 0 saturated carbocycles. The molecule has 0 atom stereocenters. The van der Waals surface area contributed by atoms with Crippen LogP contribution in [0.3, 0.4) is 0 Å². The topological polar surface area (TPSA) is 58.6 Å². The van der Waals surface area contributed by atoms with Crippen molar-refractivity contribution in [3.8, 4) is 0 Å². The summed E-state index contributed by atoms with van der Waals surface area (Å²) in [6.45, 7) is 2.02. The quantitative estimate of drug-likeness (QED) is 0.766. The Bertz CT molecular complexity index is 445. The van der Waals surface area contributed by atoms with E-state index in [2.05, 4.69) is 15.2 Å². The van der Waals surface area contributed by atoms with Gasteiger partial charge in [0.1, 0.15) is 6.33 Å². The summed E-state index contributed by atoms with van der Waals surface area (Å²) in [5.74, 6) is 0.270. The van der Waals surface area contributed by atoms with E-state index in [4.69, 9.17) is 0 Å². The van der Waals surface area contributed by atoms with Gasteiger partial charge in [-0.05, 0) is 12.5 Å². The fourth-order valence-electron chi connectivity index (χ4n) is 1.31. The van der Waals surface area contributed by atoms with Crippen LogP contribution in [0.2, 0.25) is 0 Å². The summed E-state index contributed by atoms with van der Waals surface area (Å²) in [6.07, 6.45) is 1.69. The van der Waals surface area contributed by atoms with E-state index in [9.17, 15) is 4.79 Å². The second-order valence-corrected chi connectivity index (χ2v) is 3.42. The number of nitrogens with zero attached hydrogens (tertiary/aromatic N) is 2. The number of rotatable bonds is 3. The Morgan fingerprint density at radius 2 is 2.07 bits per heavy atom. The van der Waals surface area contributed by atoms with E-state index in [-0.39, 0.29) is 5.78 Å². The molecule has 4 nitrogen and oxygen atoms in total. The van der Waals surface area contributed by atoms with Crippen molar-refractivity contribution >= 4 is 5.78 Å². The van der Waals surface area contributed by atoms with E-state index in [0.29, 0.717) is 12.2 Å². The van der Waals surface area contributed by atoms with Gasteiger partial charge in [-0.25, -0.2) is 4.98 Å². The Labute approximate surface area is 87.4 Å². The molecule has 1 aromatic carbocycles. The van der Waals surface area contributed by atoms with Crippen LogP contribution in [0.25, 0.3) is 0 Å². The third-order valence-corrected chi connectivity index (χ3v) is 2.16. The predicted octanol–water partition coefficient (Wildman–Crippen LogP) is 1.54. The first-order valence-electron chi connectivity index (χ1n) is 4.70. The first kappa shape index (κ1) is 9.58. The third kappa shape index (κ3) is 2.28. The lowest BCUT2D eigenvalue weighted by atomic mass is 10.1. The van der Waals surface area contributed by atoms with Crippen LogP contribution in [-0.4, -0.2) is 21.0 Å². The normalized spacial score (nSPS) is 10.2. The van der Waals surface area contributed by atoms with E-state index in [1.165, 1.54) is 11.9 Å². The molecule has 0 bridgehead atoms. The number of H-pyrrole nitrogens is 1. The number of carbonyl (C=O) groups excluding carboxylic acids is 1. The van der Waals surface area contributed by atoms with Gasteiger partial charge < -0.3 is 0 Å². The molecule has 0 aliphatic carbocycles. The fourth-order valence-corrected chi connectivity index (χ4v) is 1.31. The van der Waals surface area contributed by atoms with Crippen LogP contribution in [0.4, 0.5) is 0 Å². The molecule has 0 unspecified atom stereocenters. The summed E-state index contributed by atoms with van der Waals surface area (Å²) in [6, 6.07) is 7.87. The molecule has 0 aliphatic rings. The average Bonchev–Trinajstić information content (AvgIpc) is 2.74. The minimum Gasteiger partial charge on any atom is -0.290 e. The van der Waals surface area contributed by atoms with Crippen molar-refractivity contribution < 1.29 is 4.79 Å². The summed E-state index contributed by atoms with van der Waals surface area (Å²) in [5, 5.41) is 6.20. The molecule has 76 valence electrons. The van der Waals surface area contributed by atoms with Crippen molar-refractivity contribution in [3.05, 3.63) is 47.5 Å². The Kier molecular flexibility index (Phi) is 2.58. The largest absolute Gasteiger partial charge is 0.290 e. The smallest absolute Gasteiger partial charge is 0.203 e. The number of aromatic amines is 1. The van der Waals surface area contributed by atoms with Crippen LogP contribution < -0.4 is 0 Å². The lowest BCUT2D eigenvalue weighted by molar-refractivity contribution is 0.0983. The van der Waals surface area contributed by atoms with Gasteiger partial charge in [0.2, 0.25) is 5.78 Å². The highest BCUT2D eigenvalue weighted by Crippen LogP contribution is 2.06. The fraction of sp³-hybridized carbons (Fsp3) is 0.182. The van der Waals surface area contributed by atoms with Gasteiger partial charge in [0.05, 0.1) is 0 Å². The van der Waals surface area contributed by atoms with Crippen molar-refractivity contribution in [2.24, 2.45) is 0 Å². The highest BCUT2D eigenvalue weighted by molar-refractivity contribution is 5.93. The molecule has 15 heavy (non-hydrogen) atoms. The minimum atomic E-state index is -0.0450. The Hall–Kier alpha value is -1.97. The Morgan fingerprint density at radius 3 is 2.67 bits per heavy atom. The number of Topliss-reactive ketones (excluding diaryl/α,β-unsaturated/α-hetero) is 1. The van der Waals surface area contributed by atoms with Gasteiger partial charge in [0, 0.05) is 6.42 Å². The SMILES string of the molecule is Cc1ccc(CC(=O)c2ncn[nH]2)cc1. The second-order valence-electron chi connectivity index (χ2n) is 3.42. The lowest BCUT2D eigenvalue weighted by Crippen LogP contribution is -2.05. The van der Waals surface area contributed by atoms with Crippen molar-refractivity contribution in [2.45, 2.75) is 13.3 Å². The molecule has 0 radical (unpaired) electrons. The van der Waals surface area contributed by atoms with Crippen LogP contribution in [-0.2, 0) is 6.42 Å². The summed E-state index contributed by atoms with van der Waals surface area (Å²) in [7, 11) is 0. The number of benzene rings is 1. The lowest BCUT2D eigenvalue weighted by Gasteiger charge is -1.98. The molecule has 1 heterocycles. The summed E-state index contributed by atoms with van der Waals surface area (Å²) < 4.78 is 0. The molecule has 2 rings (SSSR count). The molecule has 2 aromatic rings. The van der Waals surface area contributed by atoms with E-state index in [1.807, 2.05) is 31.2 Å². The van der Waals surface area contributed by atoms with Gasteiger partial charge in [0.15, 0.2) is 5.82 Å². The van der Waals surface area contributed by atoms with E-state index in [0.717, 1.165) is 5.56 Å². The number of ketones is 1. The van der Waals surface area contributed by atoms with Crippen LogP contribution in [0, 0.1) is 6.92 Å². The number of hydrogen-bond acceptors (Lipinski definition) is 3. The van der Waals surface area contributed by atoms with Crippen LogP contribution in [0.15, 0.2) is 30.6 Å². The summed E-state index contributed by atoms with van der Waals surface area (Å²) in [5.41, 5.74) is 2.17. The average molecular weight is 201 g/mol. The molecule has 1 N–H and O–H groups in total. The van der Waals surface area contributed by atoms with Crippen LogP contribution in [0.5, 0.6) is 0 Å². The number of carbonyl (C=O) groups is 1. The zero-order valence-electron chi connectivity index (χ0n) is 8.40. The van der Waals surface area contributed by atoms with Crippen LogP contribution in [0.1, 0.15) is 21.7 Å². The summed E-state index contributed by atoms with van der Waals surface area (Å²) in [4.78, 5) is 15.4. The molecule has 0 fully saturated rings. The van der Waals surface area contributed by atoms with Crippen molar-refractivity contribution in [1.82, 2.24) is 15.2 Å². The van der Waals surface area contributed by atoms with Gasteiger partial charge >= 0.3 is 0 Å². The number of hydrogen-bond donors (Lipinski definition) is 1. The van der Waals surface area contributed by atoms with Gasteiger partial charge in [-0.1, -0.05) is 29.8 Å². The molecule has 0 amide bonds. The molecule has 0 spiro atoms. The molecule has 0 aliphatic heterocycles. The van der Waals surface area contributed by atoms with E-state index in [1.54, 1.807) is 0 Å². The third-order valence-electron chi connectivity index (χ3n) is 2.16. The standard InChI is InChI=1S/C11H11N3O/c1-8-2-4-9(5-3-8)6-10(15)11-12-7-13-14-11/h2-5,7H,6H2,1H3,(H,12,13,14). The number of nitrogens with one attached hydrogen (secondary N) is 1. The number of aromatic nitrogens is 3. The van der Waals surface area contributed by atoms with Crippen molar-refractivity contribution in [2.75, 3.05) is 0 Å². The van der Waals surface area contributed by atoms with Crippen LogP contribution >= 0.6 is 0 Å². The first-order valence-corrected chi connectivity index (χ1v) is 4.70. The molecular formula is C11H11N3O. The van der Waals surface area contributed by atoms with Gasteiger partial charge in [0.25, 0.3) is 0 Å². The molecular weight excluding hydrogens is 190 g/mol. The highest BCUT2D eigenvalue weighted by atomic mass is 16.1. The first-order chi connectivity index (χ1) is 7.25. The maximum absolute atomic E-state index is 11.6. The Morgan fingerprint density at radius 1 is 1.33 bits per heavy atom. The van der Waals surface area contributed by atoms with Crippen molar-refractivity contribution in [1.29, 1.82) is 0 Å². The summed E-state index contributed by atoms with van der Waals surface area (Å²) >= 11 is 0.